The molecule has 0 aliphatic heterocycles. The molecule has 26 heavy (non-hydrogen) atoms. The fraction of sp³-hybridized carbons (Fsp3) is 0. The molecule has 5 rings (SSSR count). The van der Waals surface area contributed by atoms with Crippen LogP contribution >= 0.6 is 34.3 Å². The Balaban J connectivity index is 1.63. The number of rotatable bonds is 3. The van der Waals surface area contributed by atoms with Crippen molar-refractivity contribution in [1.29, 1.82) is 0 Å². The standard InChI is InChI=1S/C19H11ClN4S2/c20-14-8-15-13(7-12(14)17-2-1-5-25-17)19(22-9-21-15)24-11-3-4-18-16(6-11)23-10-26-18/h1-10H,(H,21,22,24). The molecule has 0 spiro atoms. The van der Waals surface area contributed by atoms with E-state index in [1.165, 1.54) is 0 Å². The van der Waals surface area contributed by atoms with Gasteiger partial charge in [0.05, 0.1) is 26.3 Å². The minimum atomic E-state index is 0.688. The van der Waals surface area contributed by atoms with Gasteiger partial charge in [0.25, 0.3) is 0 Å². The molecule has 5 aromatic rings. The van der Waals surface area contributed by atoms with Gasteiger partial charge in [0.2, 0.25) is 0 Å². The van der Waals surface area contributed by atoms with Crippen LogP contribution in [0.25, 0.3) is 31.6 Å². The Morgan fingerprint density at radius 1 is 0.923 bits per heavy atom. The lowest BCUT2D eigenvalue weighted by atomic mass is 10.1. The van der Waals surface area contributed by atoms with Gasteiger partial charge in [-0.3, -0.25) is 0 Å². The lowest BCUT2D eigenvalue weighted by Gasteiger charge is -2.10. The predicted octanol–water partition coefficient (Wildman–Crippen LogP) is 6.37. The molecule has 0 aliphatic rings. The van der Waals surface area contributed by atoms with Crippen LogP contribution in [0.1, 0.15) is 0 Å². The highest BCUT2D eigenvalue weighted by molar-refractivity contribution is 7.16. The SMILES string of the molecule is Clc1cc2ncnc(Nc3ccc4scnc4c3)c2cc1-c1cccs1. The second-order valence-corrected chi connectivity index (χ2v) is 7.95. The maximum absolute atomic E-state index is 6.48. The van der Waals surface area contributed by atoms with Gasteiger partial charge < -0.3 is 5.32 Å². The quantitative estimate of drug-likeness (QED) is 0.386. The Labute approximate surface area is 162 Å². The number of thiophene rings is 1. The maximum Gasteiger partial charge on any atom is 0.141 e. The fourth-order valence-electron chi connectivity index (χ4n) is 2.87. The van der Waals surface area contributed by atoms with Crippen molar-refractivity contribution in [2.45, 2.75) is 0 Å². The van der Waals surface area contributed by atoms with Gasteiger partial charge >= 0.3 is 0 Å². The van der Waals surface area contributed by atoms with Crippen molar-refractivity contribution in [3.05, 3.63) is 64.7 Å². The molecular formula is C19H11ClN4S2. The summed E-state index contributed by atoms with van der Waals surface area (Å²) in [6, 6.07) is 14.1. The normalized spacial score (nSPS) is 11.3. The number of hydrogen-bond acceptors (Lipinski definition) is 6. The van der Waals surface area contributed by atoms with Crippen molar-refractivity contribution >= 4 is 66.9 Å². The van der Waals surface area contributed by atoms with E-state index in [0.717, 1.165) is 43.1 Å². The maximum atomic E-state index is 6.48. The molecule has 4 nitrogen and oxygen atoms in total. The third-order valence-electron chi connectivity index (χ3n) is 4.10. The highest BCUT2D eigenvalue weighted by Crippen LogP contribution is 2.36. The molecule has 2 aromatic carbocycles. The second kappa shape index (κ2) is 6.32. The Morgan fingerprint density at radius 2 is 1.88 bits per heavy atom. The number of aromatic nitrogens is 3. The number of anilines is 2. The Hall–Kier alpha value is -2.54. The van der Waals surface area contributed by atoms with Crippen molar-refractivity contribution in [1.82, 2.24) is 15.0 Å². The van der Waals surface area contributed by atoms with Gasteiger partial charge in [-0.25, -0.2) is 15.0 Å². The first-order chi connectivity index (χ1) is 12.8. The monoisotopic (exact) mass is 394 g/mol. The van der Waals surface area contributed by atoms with Crippen molar-refractivity contribution in [2.75, 3.05) is 5.32 Å². The Bertz CT molecular complexity index is 1230. The number of hydrogen-bond donors (Lipinski definition) is 1. The first kappa shape index (κ1) is 15.7. The summed E-state index contributed by atoms with van der Waals surface area (Å²) in [5.41, 5.74) is 5.56. The largest absolute Gasteiger partial charge is 0.340 e. The van der Waals surface area contributed by atoms with Crippen LogP contribution in [0, 0.1) is 0 Å². The van der Waals surface area contributed by atoms with Crippen molar-refractivity contribution < 1.29 is 0 Å². The summed E-state index contributed by atoms with van der Waals surface area (Å²) in [5.74, 6) is 0.749. The summed E-state index contributed by atoms with van der Waals surface area (Å²) in [5, 5.41) is 7.05. The van der Waals surface area contributed by atoms with Crippen LogP contribution < -0.4 is 5.32 Å². The minimum Gasteiger partial charge on any atom is -0.340 e. The van der Waals surface area contributed by atoms with Crippen molar-refractivity contribution in [3.63, 3.8) is 0 Å². The Morgan fingerprint density at radius 3 is 2.77 bits per heavy atom. The van der Waals surface area contributed by atoms with E-state index in [1.54, 1.807) is 29.0 Å². The summed E-state index contributed by atoms with van der Waals surface area (Å²) < 4.78 is 1.16. The smallest absolute Gasteiger partial charge is 0.141 e. The first-order valence-electron chi connectivity index (χ1n) is 7.86. The molecule has 1 N–H and O–H groups in total. The van der Waals surface area contributed by atoms with Gasteiger partial charge in [0, 0.05) is 21.5 Å². The van der Waals surface area contributed by atoms with Gasteiger partial charge in [-0.05, 0) is 41.8 Å². The van der Waals surface area contributed by atoms with Crippen LogP contribution in [0.15, 0.2) is 59.7 Å². The van der Waals surface area contributed by atoms with E-state index in [1.807, 2.05) is 41.2 Å². The number of benzene rings is 2. The molecule has 0 fully saturated rings. The van der Waals surface area contributed by atoms with E-state index >= 15 is 0 Å². The summed E-state index contributed by atoms with van der Waals surface area (Å²) in [6.45, 7) is 0. The summed E-state index contributed by atoms with van der Waals surface area (Å²) in [4.78, 5) is 14.3. The van der Waals surface area contributed by atoms with Gasteiger partial charge in [0.15, 0.2) is 0 Å². The molecule has 3 aromatic heterocycles. The zero-order valence-corrected chi connectivity index (χ0v) is 15.7. The van der Waals surface area contributed by atoms with E-state index < -0.39 is 0 Å². The molecule has 126 valence electrons. The molecule has 0 atom stereocenters. The number of nitrogens with zero attached hydrogens (tertiary/aromatic N) is 3. The molecule has 3 heterocycles. The average molecular weight is 395 g/mol. The third-order valence-corrected chi connectivity index (χ3v) is 6.13. The lowest BCUT2D eigenvalue weighted by molar-refractivity contribution is 1.22. The van der Waals surface area contributed by atoms with Gasteiger partial charge in [-0.15, -0.1) is 22.7 Å². The lowest BCUT2D eigenvalue weighted by Crippen LogP contribution is -1.96. The number of halogens is 1. The molecule has 0 amide bonds. The van der Waals surface area contributed by atoms with Crippen molar-refractivity contribution in [2.24, 2.45) is 0 Å². The van der Waals surface area contributed by atoms with Crippen LogP contribution in [0.2, 0.25) is 5.02 Å². The summed E-state index contributed by atoms with van der Waals surface area (Å²) in [7, 11) is 0. The van der Waals surface area contributed by atoms with Gasteiger partial charge in [-0.1, -0.05) is 17.7 Å². The van der Waals surface area contributed by atoms with E-state index in [0.29, 0.717) is 5.02 Å². The average Bonchev–Trinajstić information content (AvgIpc) is 3.33. The van der Waals surface area contributed by atoms with Crippen LogP contribution in [-0.2, 0) is 0 Å². The first-order valence-corrected chi connectivity index (χ1v) is 10.00. The molecule has 0 saturated heterocycles. The fourth-order valence-corrected chi connectivity index (χ4v) is 4.60. The van der Waals surface area contributed by atoms with Crippen molar-refractivity contribution in [3.8, 4) is 10.4 Å². The van der Waals surface area contributed by atoms with E-state index in [9.17, 15) is 0 Å². The number of nitrogens with one attached hydrogen (secondary N) is 1. The Kier molecular flexibility index (Phi) is 3.81. The summed E-state index contributed by atoms with van der Waals surface area (Å²) in [6.07, 6.45) is 1.55. The third kappa shape index (κ3) is 2.72. The topological polar surface area (TPSA) is 50.7 Å². The zero-order chi connectivity index (χ0) is 17.5. The van der Waals surface area contributed by atoms with Crippen LogP contribution in [0.4, 0.5) is 11.5 Å². The number of fused-ring (bicyclic) bond motifs is 2. The minimum absolute atomic E-state index is 0.688. The van der Waals surface area contributed by atoms with E-state index in [-0.39, 0.29) is 0 Å². The highest BCUT2D eigenvalue weighted by Gasteiger charge is 2.11. The van der Waals surface area contributed by atoms with Crippen LogP contribution in [0.5, 0.6) is 0 Å². The van der Waals surface area contributed by atoms with E-state index in [4.69, 9.17) is 11.6 Å². The number of thiazole rings is 1. The summed E-state index contributed by atoms with van der Waals surface area (Å²) >= 11 is 9.77. The van der Waals surface area contributed by atoms with Gasteiger partial charge in [-0.2, -0.15) is 0 Å². The molecular weight excluding hydrogens is 384 g/mol. The van der Waals surface area contributed by atoms with Crippen LogP contribution in [0.3, 0.4) is 0 Å². The highest BCUT2D eigenvalue weighted by atomic mass is 35.5. The molecule has 0 aliphatic carbocycles. The molecule has 0 bridgehead atoms. The molecule has 0 saturated carbocycles. The van der Waals surface area contributed by atoms with E-state index in [2.05, 4.69) is 32.4 Å². The zero-order valence-electron chi connectivity index (χ0n) is 13.3. The van der Waals surface area contributed by atoms with Gasteiger partial charge in [0.1, 0.15) is 12.1 Å². The predicted molar refractivity (Wildman–Crippen MR) is 111 cm³/mol. The molecule has 7 heteroatoms. The second-order valence-electron chi connectivity index (χ2n) is 5.71. The van der Waals surface area contributed by atoms with Crippen LogP contribution in [-0.4, -0.2) is 15.0 Å². The molecule has 0 unspecified atom stereocenters. The molecule has 0 radical (unpaired) electrons.